The van der Waals surface area contributed by atoms with Crippen molar-refractivity contribution in [3.05, 3.63) is 29.3 Å². The van der Waals surface area contributed by atoms with Gasteiger partial charge in [0.15, 0.2) is 6.10 Å². The molecule has 0 amide bonds. The molecule has 18 heavy (non-hydrogen) atoms. The van der Waals surface area contributed by atoms with Crippen LogP contribution in [0.15, 0.2) is 23.2 Å². The lowest BCUT2D eigenvalue weighted by molar-refractivity contribution is 0.141. The van der Waals surface area contributed by atoms with Crippen LogP contribution in [0.3, 0.4) is 0 Å². The predicted octanol–water partition coefficient (Wildman–Crippen LogP) is 1.66. The maximum absolute atomic E-state index is 5.75. The Hall–Kier alpha value is -1.71. The van der Waals surface area contributed by atoms with Gasteiger partial charge in [0.25, 0.3) is 6.02 Å². The average molecular weight is 246 g/mol. The van der Waals surface area contributed by atoms with Crippen LogP contribution in [0.5, 0.6) is 5.75 Å². The smallest absolute Gasteiger partial charge is 0.282 e. The zero-order valence-electron chi connectivity index (χ0n) is 10.4. The topological polar surface area (TPSA) is 56.8 Å². The van der Waals surface area contributed by atoms with Crippen LogP contribution in [-0.4, -0.2) is 25.3 Å². The highest BCUT2D eigenvalue weighted by Crippen LogP contribution is 2.25. The Kier molecular flexibility index (Phi) is 3.09. The van der Waals surface area contributed by atoms with E-state index in [0.29, 0.717) is 13.2 Å². The van der Waals surface area contributed by atoms with E-state index in [9.17, 15) is 0 Å². The molecule has 0 aromatic heterocycles. The summed E-state index contributed by atoms with van der Waals surface area (Å²) in [6, 6.07) is 6.66. The van der Waals surface area contributed by atoms with Gasteiger partial charge >= 0.3 is 0 Å². The van der Waals surface area contributed by atoms with E-state index in [-0.39, 0.29) is 12.1 Å². The minimum Gasteiger partial charge on any atom is -0.490 e. The number of nitrogens with two attached hydrogens (primary N) is 1. The molecule has 0 radical (unpaired) electrons. The number of ether oxygens (including phenoxy) is 2. The molecule has 1 aliphatic heterocycles. The van der Waals surface area contributed by atoms with E-state index in [2.05, 4.69) is 17.1 Å². The second kappa shape index (κ2) is 4.88. The highest BCUT2D eigenvalue weighted by Gasteiger charge is 2.18. The number of fused-ring (bicyclic) bond motifs is 1. The molecule has 0 bridgehead atoms. The van der Waals surface area contributed by atoms with Gasteiger partial charge in [-0.25, -0.2) is 4.99 Å². The molecule has 4 nitrogen and oxygen atoms in total. The summed E-state index contributed by atoms with van der Waals surface area (Å²) >= 11 is 0. The van der Waals surface area contributed by atoms with Crippen LogP contribution < -0.4 is 10.5 Å². The number of aryl methyl sites for hydroxylation is 2. The summed E-state index contributed by atoms with van der Waals surface area (Å²) in [4.78, 5) is 3.99. The zero-order chi connectivity index (χ0) is 12.4. The largest absolute Gasteiger partial charge is 0.490 e. The Balaban J connectivity index is 1.60. The second-order valence-electron chi connectivity index (χ2n) is 4.87. The molecular formula is C14H18N2O2. The first-order chi connectivity index (χ1) is 8.81. The van der Waals surface area contributed by atoms with E-state index in [4.69, 9.17) is 15.2 Å². The predicted molar refractivity (Wildman–Crippen MR) is 69.9 cm³/mol. The standard InChI is InChI=1S/C14H18N2O2/c15-14-16-8-13(18-14)9-17-12-6-5-10-3-1-2-4-11(10)7-12/h5-7,13H,1-4,8-9H2,(H2,15,16). The Labute approximate surface area is 107 Å². The molecule has 2 N–H and O–H groups in total. The van der Waals surface area contributed by atoms with Gasteiger partial charge in [0.2, 0.25) is 0 Å². The van der Waals surface area contributed by atoms with E-state index >= 15 is 0 Å². The quantitative estimate of drug-likeness (QED) is 0.882. The first kappa shape index (κ1) is 11.4. The normalized spacial score (nSPS) is 22.0. The molecule has 1 heterocycles. The number of benzene rings is 1. The number of amidine groups is 1. The fourth-order valence-electron chi connectivity index (χ4n) is 2.51. The van der Waals surface area contributed by atoms with Crippen molar-refractivity contribution in [1.29, 1.82) is 0 Å². The average Bonchev–Trinajstić information content (AvgIpc) is 2.82. The molecule has 96 valence electrons. The summed E-state index contributed by atoms with van der Waals surface area (Å²) in [6.07, 6.45) is 4.92. The lowest BCUT2D eigenvalue weighted by atomic mass is 9.92. The lowest BCUT2D eigenvalue weighted by Crippen LogP contribution is -2.24. The number of hydrogen-bond acceptors (Lipinski definition) is 4. The summed E-state index contributed by atoms with van der Waals surface area (Å²) < 4.78 is 11.0. The van der Waals surface area contributed by atoms with Gasteiger partial charge in [0.1, 0.15) is 12.4 Å². The second-order valence-corrected chi connectivity index (χ2v) is 4.87. The number of aliphatic imine (C=N–C) groups is 1. The van der Waals surface area contributed by atoms with Crippen molar-refractivity contribution in [3.63, 3.8) is 0 Å². The van der Waals surface area contributed by atoms with Crippen LogP contribution in [-0.2, 0) is 17.6 Å². The van der Waals surface area contributed by atoms with Gasteiger partial charge in [0.05, 0.1) is 6.54 Å². The van der Waals surface area contributed by atoms with Crippen molar-refractivity contribution in [3.8, 4) is 5.75 Å². The molecule has 1 unspecified atom stereocenters. The molecule has 1 aromatic carbocycles. The first-order valence-electron chi connectivity index (χ1n) is 6.52. The molecule has 0 saturated heterocycles. The summed E-state index contributed by atoms with van der Waals surface area (Å²) in [5.41, 5.74) is 8.36. The van der Waals surface area contributed by atoms with Gasteiger partial charge in [-0.2, -0.15) is 0 Å². The summed E-state index contributed by atoms with van der Waals surface area (Å²) in [5, 5.41) is 0. The van der Waals surface area contributed by atoms with Gasteiger partial charge in [-0.15, -0.1) is 0 Å². The van der Waals surface area contributed by atoms with Gasteiger partial charge in [-0.05, 0) is 48.9 Å². The van der Waals surface area contributed by atoms with Gasteiger partial charge in [-0.3, -0.25) is 0 Å². The summed E-state index contributed by atoms with van der Waals surface area (Å²) in [7, 11) is 0. The molecular weight excluding hydrogens is 228 g/mol. The van der Waals surface area contributed by atoms with Crippen LogP contribution in [0, 0.1) is 0 Å². The highest BCUT2D eigenvalue weighted by molar-refractivity contribution is 5.73. The van der Waals surface area contributed by atoms with E-state index in [1.165, 1.54) is 36.8 Å². The first-order valence-corrected chi connectivity index (χ1v) is 6.52. The highest BCUT2D eigenvalue weighted by atomic mass is 16.5. The Morgan fingerprint density at radius 2 is 2.11 bits per heavy atom. The van der Waals surface area contributed by atoms with Gasteiger partial charge in [-0.1, -0.05) is 6.07 Å². The van der Waals surface area contributed by atoms with Gasteiger partial charge < -0.3 is 15.2 Å². The third-order valence-corrected chi connectivity index (χ3v) is 3.49. The minimum absolute atomic E-state index is 0.0407. The van der Waals surface area contributed by atoms with Crippen molar-refractivity contribution in [1.82, 2.24) is 0 Å². The number of hydrogen-bond donors (Lipinski definition) is 1. The maximum Gasteiger partial charge on any atom is 0.282 e. The summed E-state index contributed by atoms with van der Waals surface area (Å²) in [5.74, 6) is 0.921. The van der Waals surface area contributed by atoms with Crippen molar-refractivity contribution in [2.75, 3.05) is 13.2 Å². The van der Waals surface area contributed by atoms with Crippen LogP contribution >= 0.6 is 0 Å². The lowest BCUT2D eigenvalue weighted by Gasteiger charge is -2.17. The molecule has 1 aromatic rings. The molecule has 1 aliphatic carbocycles. The van der Waals surface area contributed by atoms with Crippen molar-refractivity contribution >= 4 is 6.02 Å². The van der Waals surface area contributed by atoms with Crippen molar-refractivity contribution < 1.29 is 9.47 Å². The number of nitrogens with zero attached hydrogens (tertiary/aromatic N) is 1. The SMILES string of the molecule is NC1=NCC(COc2ccc3c(c2)CCCC3)O1. The van der Waals surface area contributed by atoms with E-state index in [1.807, 2.05) is 6.07 Å². The van der Waals surface area contributed by atoms with E-state index < -0.39 is 0 Å². The van der Waals surface area contributed by atoms with E-state index in [0.717, 1.165) is 5.75 Å². The third-order valence-electron chi connectivity index (χ3n) is 3.49. The Morgan fingerprint density at radius 1 is 1.28 bits per heavy atom. The summed E-state index contributed by atoms with van der Waals surface area (Å²) in [6.45, 7) is 1.10. The fraction of sp³-hybridized carbons (Fsp3) is 0.500. The molecule has 0 spiro atoms. The Morgan fingerprint density at radius 3 is 2.89 bits per heavy atom. The van der Waals surface area contributed by atoms with Crippen LogP contribution in [0.25, 0.3) is 0 Å². The minimum atomic E-state index is -0.0407. The molecule has 0 saturated carbocycles. The zero-order valence-corrected chi connectivity index (χ0v) is 10.4. The van der Waals surface area contributed by atoms with Crippen LogP contribution in [0.1, 0.15) is 24.0 Å². The Bertz CT molecular complexity index is 471. The third kappa shape index (κ3) is 2.42. The van der Waals surface area contributed by atoms with Gasteiger partial charge in [0, 0.05) is 0 Å². The fourth-order valence-corrected chi connectivity index (χ4v) is 2.51. The molecule has 1 atom stereocenters. The molecule has 3 rings (SSSR count). The molecule has 2 aliphatic rings. The van der Waals surface area contributed by atoms with Crippen molar-refractivity contribution in [2.24, 2.45) is 10.7 Å². The van der Waals surface area contributed by atoms with E-state index in [1.54, 1.807) is 0 Å². The monoisotopic (exact) mass is 246 g/mol. The van der Waals surface area contributed by atoms with Crippen LogP contribution in [0.2, 0.25) is 0 Å². The number of rotatable bonds is 3. The molecule has 0 fully saturated rings. The van der Waals surface area contributed by atoms with Crippen molar-refractivity contribution in [2.45, 2.75) is 31.8 Å². The molecule has 4 heteroatoms. The maximum atomic E-state index is 5.75. The van der Waals surface area contributed by atoms with Crippen LogP contribution in [0.4, 0.5) is 0 Å².